The molecular formula is C24H27NO8. The predicted molar refractivity (Wildman–Crippen MR) is 116 cm³/mol. The fourth-order valence-corrected chi connectivity index (χ4v) is 4.57. The first kappa shape index (κ1) is 22.8. The van der Waals surface area contributed by atoms with Crippen LogP contribution in [0.1, 0.15) is 50.5 Å². The Labute approximate surface area is 191 Å². The second-order valence-corrected chi connectivity index (χ2v) is 7.75. The van der Waals surface area contributed by atoms with E-state index in [-0.39, 0.29) is 31.0 Å². The van der Waals surface area contributed by atoms with Crippen LogP contribution in [-0.2, 0) is 28.6 Å². The highest BCUT2D eigenvalue weighted by atomic mass is 16.6. The summed E-state index contributed by atoms with van der Waals surface area (Å²) in [7, 11) is 3.06. The van der Waals surface area contributed by atoms with E-state index >= 15 is 0 Å². The molecule has 1 aliphatic carbocycles. The Kier molecular flexibility index (Phi) is 6.16. The molecule has 176 valence electrons. The standard InChI is InChI=1S/C24H27NO8/c1-5-31-22(27)24(23(28)32-6-2)20-16(8-7-9-17(20)26)25-11-10-14-12-18(29-3)19(30-4)13-15(14)21(25)33-24/h10-13,21H,5-9H2,1-4H3/t21-/m1/s1. The first-order valence-corrected chi connectivity index (χ1v) is 10.9. The van der Waals surface area contributed by atoms with Crippen LogP contribution in [0, 0.1) is 0 Å². The Bertz CT molecular complexity index is 1040. The van der Waals surface area contributed by atoms with Gasteiger partial charge in [0.1, 0.15) is 0 Å². The summed E-state index contributed by atoms with van der Waals surface area (Å²) in [5.74, 6) is -1.25. The second kappa shape index (κ2) is 8.90. The van der Waals surface area contributed by atoms with Crippen molar-refractivity contribution in [2.45, 2.75) is 44.9 Å². The SMILES string of the molecule is CCOC(=O)C1(C(=O)OCC)O[C@@H]2c3cc(OC)c(OC)cc3C=CN2C2=C1C(=O)CCC2. The highest BCUT2D eigenvalue weighted by Gasteiger charge is 2.62. The predicted octanol–water partition coefficient (Wildman–Crippen LogP) is 2.89. The third kappa shape index (κ3) is 3.47. The lowest BCUT2D eigenvalue weighted by atomic mass is 9.79. The van der Waals surface area contributed by atoms with Gasteiger partial charge in [0, 0.05) is 23.9 Å². The fraction of sp³-hybridized carbons (Fsp3) is 0.458. The van der Waals surface area contributed by atoms with Crippen molar-refractivity contribution < 1.29 is 38.1 Å². The van der Waals surface area contributed by atoms with Crippen molar-refractivity contribution in [1.29, 1.82) is 0 Å². The van der Waals surface area contributed by atoms with Crippen LogP contribution in [0.15, 0.2) is 29.6 Å². The van der Waals surface area contributed by atoms with Crippen molar-refractivity contribution in [3.05, 3.63) is 40.7 Å². The van der Waals surface area contributed by atoms with Gasteiger partial charge in [0.25, 0.3) is 5.60 Å². The Balaban J connectivity index is 1.97. The number of carbonyl (C=O) groups is 3. The van der Waals surface area contributed by atoms with Gasteiger partial charge in [0.05, 0.1) is 33.0 Å². The monoisotopic (exact) mass is 457 g/mol. The summed E-state index contributed by atoms with van der Waals surface area (Å²) in [5, 5.41) is 0. The average Bonchev–Trinajstić information content (AvgIpc) is 2.82. The van der Waals surface area contributed by atoms with E-state index in [1.165, 1.54) is 14.2 Å². The molecule has 2 aliphatic heterocycles. The van der Waals surface area contributed by atoms with Crippen molar-refractivity contribution in [3.8, 4) is 11.5 Å². The van der Waals surface area contributed by atoms with Gasteiger partial charge in [-0.1, -0.05) is 0 Å². The zero-order valence-electron chi connectivity index (χ0n) is 19.1. The maximum atomic E-state index is 13.3. The van der Waals surface area contributed by atoms with Crippen molar-refractivity contribution in [2.24, 2.45) is 0 Å². The number of benzene rings is 1. The van der Waals surface area contributed by atoms with Gasteiger partial charge in [0.15, 0.2) is 23.5 Å². The van der Waals surface area contributed by atoms with E-state index in [2.05, 4.69) is 0 Å². The Morgan fingerprint density at radius 1 is 1.06 bits per heavy atom. The normalized spacial score (nSPS) is 20.4. The maximum Gasteiger partial charge on any atom is 0.355 e. The minimum Gasteiger partial charge on any atom is -0.493 e. The lowest BCUT2D eigenvalue weighted by Gasteiger charge is -2.48. The Hall–Kier alpha value is -3.33. The molecule has 1 aromatic carbocycles. The topological polar surface area (TPSA) is 101 Å². The van der Waals surface area contributed by atoms with Crippen molar-refractivity contribution in [3.63, 3.8) is 0 Å². The number of hydrogen-bond donors (Lipinski definition) is 0. The van der Waals surface area contributed by atoms with Crippen LogP contribution in [0.2, 0.25) is 0 Å². The van der Waals surface area contributed by atoms with Gasteiger partial charge in [-0.25, -0.2) is 9.59 Å². The molecule has 0 N–H and O–H groups in total. The van der Waals surface area contributed by atoms with Gasteiger partial charge in [-0.2, -0.15) is 0 Å². The molecule has 4 rings (SSSR count). The molecular weight excluding hydrogens is 430 g/mol. The summed E-state index contributed by atoms with van der Waals surface area (Å²) in [5.41, 5.74) is -0.342. The number of esters is 2. The summed E-state index contributed by atoms with van der Waals surface area (Å²) < 4.78 is 27.7. The van der Waals surface area contributed by atoms with Crippen LogP contribution in [-0.4, -0.2) is 55.7 Å². The number of nitrogens with zero attached hydrogens (tertiary/aromatic N) is 1. The molecule has 0 radical (unpaired) electrons. The van der Waals surface area contributed by atoms with Crippen molar-refractivity contribution >= 4 is 23.8 Å². The molecule has 1 aromatic rings. The van der Waals surface area contributed by atoms with E-state index in [1.54, 1.807) is 37.1 Å². The maximum absolute atomic E-state index is 13.3. The molecule has 9 nitrogen and oxygen atoms in total. The number of fused-ring (bicyclic) bond motifs is 4. The van der Waals surface area contributed by atoms with E-state index in [9.17, 15) is 14.4 Å². The first-order valence-electron chi connectivity index (χ1n) is 10.9. The number of rotatable bonds is 6. The van der Waals surface area contributed by atoms with Crippen molar-refractivity contribution in [2.75, 3.05) is 27.4 Å². The second-order valence-electron chi connectivity index (χ2n) is 7.75. The molecule has 0 saturated heterocycles. The third-order valence-corrected chi connectivity index (χ3v) is 5.99. The van der Waals surface area contributed by atoms with Crippen LogP contribution in [0.25, 0.3) is 6.08 Å². The average molecular weight is 457 g/mol. The number of carbonyl (C=O) groups excluding carboxylic acids is 3. The highest BCUT2D eigenvalue weighted by Crippen LogP contribution is 2.50. The number of hydrogen-bond acceptors (Lipinski definition) is 9. The molecule has 0 fully saturated rings. The van der Waals surface area contributed by atoms with Gasteiger partial charge in [-0.3, -0.25) is 4.79 Å². The Morgan fingerprint density at radius 2 is 1.70 bits per heavy atom. The van der Waals surface area contributed by atoms with Gasteiger partial charge in [0.2, 0.25) is 0 Å². The van der Waals surface area contributed by atoms with Gasteiger partial charge in [-0.05, 0) is 50.5 Å². The smallest absolute Gasteiger partial charge is 0.355 e. The zero-order valence-corrected chi connectivity index (χ0v) is 19.1. The van der Waals surface area contributed by atoms with Crippen LogP contribution < -0.4 is 9.47 Å². The molecule has 0 amide bonds. The molecule has 9 heteroatoms. The van der Waals surface area contributed by atoms with Crippen LogP contribution >= 0.6 is 0 Å². The zero-order chi connectivity index (χ0) is 23.8. The molecule has 0 saturated carbocycles. The lowest BCUT2D eigenvalue weighted by molar-refractivity contribution is -0.207. The largest absolute Gasteiger partial charge is 0.493 e. The van der Waals surface area contributed by atoms with Crippen molar-refractivity contribution in [1.82, 2.24) is 4.90 Å². The molecule has 33 heavy (non-hydrogen) atoms. The van der Waals surface area contributed by atoms with Gasteiger partial charge < -0.3 is 28.6 Å². The Morgan fingerprint density at radius 3 is 2.30 bits per heavy atom. The minimum absolute atomic E-state index is 0.00419. The first-order chi connectivity index (χ1) is 15.9. The minimum atomic E-state index is -2.31. The summed E-state index contributed by atoms with van der Waals surface area (Å²) in [6, 6.07) is 3.53. The number of methoxy groups -OCH3 is 2. The molecule has 1 atom stereocenters. The summed E-state index contributed by atoms with van der Waals surface area (Å²) in [6.45, 7) is 3.27. The summed E-state index contributed by atoms with van der Waals surface area (Å²) >= 11 is 0. The number of allylic oxidation sites excluding steroid dienone is 1. The molecule has 0 bridgehead atoms. The van der Waals surface area contributed by atoms with Gasteiger partial charge in [-0.15, -0.1) is 0 Å². The molecule has 2 heterocycles. The molecule has 0 unspecified atom stereocenters. The molecule has 0 spiro atoms. The fourth-order valence-electron chi connectivity index (χ4n) is 4.57. The van der Waals surface area contributed by atoms with E-state index in [0.717, 1.165) is 5.56 Å². The van der Waals surface area contributed by atoms with Crippen LogP contribution in [0.5, 0.6) is 11.5 Å². The van der Waals surface area contributed by atoms with E-state index in [1.807, 2.05) is 6.08 Å². The number of ketones is 1. The molecule has 3 aliphatic rings. The van der Waals surface area contributed by atoms with Crippen LogP contribution in [0.3, 0.4) is 0 Å². The lowest BCUT2D eigenvalue weighted by Crippen LogP contribution is -2.60. The molecule has 0 aromatic heterocycles. The van der Waals surface area contributed by atoms with E-state index in [0.29, 0.717) is 35.6 Å². The number of Topliss-reactive ketones (excluding diaryl/α,β-unsaturated/α-hetero) is 1. The third-order valence-electron chi connectivity index (χ3n) is 5.99. The van der Waals surface area contributed by atoms with Gasteiger partial charge >= 0.3 is 11.9 Å². The highest BCUT2D eigenvalue weighted by molar-refractivity contribution is 6.17. The van der Waals surface area contributed by atoms with E-state index in [4.69, 9.17) is 23.7 Å². The van der Waals surface area contributed by atoms with Crippen LogP contribution in [0.4, 0.5) is 0 Å². The summed E-state index contributed by atoms with van der Waals surface area (Å²) in [4.78, 5) is 41.6. The number of ether oxygens (including phenoxy) is 5. The van der Waals surface area contributed by atoms with E-state index < -0.39 is 23.8 Å². The summed E-state index contributed by atoms with van der Waals surface area (Å²) in [6.07, 6.45) is 4.05. The quantitative estimate of drug-likeness (QED) is 0.471.